The maximum atomic E-state index is 6.33. The molecule has 0 spiro atoms. The summed E-state index contributed by atoms with van der Waals surface area (Å²) in [5.74, 6) is 1.57. The number of nitrogens with one attached hydrogen (secondary N) is 1. The fraction of sp³-hybridized carbons (Fsp3) is 0.222. The minimum absolute atomic E-state index is 0.721. The highest BCUT2D eigenvalue weighted by atomic mass is 35.5. The number of aliphatic imine (C=N–C) groups is 1. The Kier molecular flexibility index (Phi) is 4.44. The summed E-state index contributed by atoms with van der Waals surface area (Å²) in [5, 5.41) is 3.46. The molecule has 6 heteroatoms. The third kappa shape index (κ3) is 3.36. The first-order chi connectivity index (χ1) is 11.5. The summed E-state index contributed by atoms with van der Waals surface area (Å²) < 4.78 is 10.4. The van der Waals surface area contributed by atoms with Crippen LogP contribution < -0.4 is 14.9 Å². The molecular weight excluding hydrogens is 326 g/mol. The van der Waals surface area contributed by atoms with Crippen molar-refractivity contribution in [2.75, 3.05) is 14.2 Å². The lowest BCUT2D eigenvalue weighted by Crippen LogP contribution is -2.39. The van der Waals surface area contributed by atoms with Gasteiger partial charge in [0.25, 0.3) is 0 Å². The van der Waals surface area contributed by atoms with Gasteiger partial charge in [0.15, 0.2) is 0 Å². The molecule has 3 rings (SSSR count). The Morgan fingerprint density at radius 1 is 0.833 bits per heavy atom. The van der Waals surface area contributed by atoms with Crippen LogP contribution in [0.5, 0.6) is 11.5 Å². The molecule has 1 aliphatic heterocycles. The fourth-order valence-electron chi connectivity index (χ4n) is 2.40. The van der Waals surface area contributed by atoms with E-state index in [1.807, 2.05) is 48.5 Å². The Hall–Kier alpha value is -2.53. The van der Waals surface area contributed by atoms with Gasteiger partial charge in [-0.25, -0.2) is 4.99 Å². The van der Waals surface area contributed by atoms with Gasteiger partial charge in [0, 0.05) is 11.1 Å². The first-order valence-electron chi connectivity index (χ1n) is 7.45. The lowest BCUT2D eigenvalue weighted by Gasteiger charge is -2.25. The number of ether oxygens (including phenoxy) is 2. The zero-order chi connectivity index (χ0) is 17.2. The standard InChI is InChI=1S/C18H18ClN3O2/c1-18(19)20-16(12-4-8-14(23-2)9-5-12)17(21-22-18)13-6-10-15(24-3)11-7-13/h4-11,22H,1-3H3. The second-order valence-electron chi connectivity index (χ2n) is 5.44. The molecule has 24 heavy (non-hydrogen) atoms. The van der Waals surface area contributed by atoms with Crippen LogP contribution in [0.2, 0.25) is 0 Å². The minimum Gasteiger partial charge on any atom is -0.497 e. The molecule has 1 heterocycles. The van der Waals surface area contributed by atoms with E-state index in [0.717, 1.165) is 34.0 Å². The van der Waals surface area contributed by atoms with E-state index in [2.05, 4.69) is 15.5 Å². The normalized spacial score (nSPS) is 19.8. The summed E-state index contributed by atoms with van der Waals surface area (Å²) >= 11 is 6.33. The molecule has 1 N–H and O–H groups in total. The molecule has 0 amide bonds. The highest BCUT2D eigenvalue weighted by molar-refractivity contribution is 6.54. The van der Waals surface area contributed by atoms with Gasteiger partial charge in [-0.05, 0) is 55.5 Å². The zero-order valence-electron chi connectivity index (χ0n) is 13.7. The number of hydrazone groups is 1. The Morgan fingerprint density at radius 3 is 1.75 bits per heavy atom. The van der Waals surface area contributed by atoms with Crippen molar-refractivity contribution in [2.24, 2.45) is 10.1 Å². The molecule has 1 unspecified atom stereocenters. The lowest BCUT2D eigenvalue weighted by atomic mass is 9.99. The van der Waals surface area contributed by atoms with Crippen LogP contribution in [0.1, 0.15) is 18.1 Å². The molecule has 5 nitrogen and oxygen atoms in total. The van der Waals surface area contributed by atoms with Crippen molar-refractivity contribution in [1.82, 2.24) is 5.43 Å². The van der Waals surface area contributed by atoms with Crippen LogP contribution in [-0.2, 0) is 0 Å². The second-order valence-corrected chi connectivity index (χ2v) is 6.18. The Morgan fingerprint density at radius 2 is 1.29 bits per heavy atom. The van der Waals surface area contributed by atoms with Crippen LogP contribution in [0.4, 0.5) is 0 Å². The maximum Gasteiger partial charge on any atom is 0.218 e. The second kappa shape index (κ2) is 6.53. The SMILES string of the molecule is COc1ccc(C2=NNC(C)(Cl)N=C2c2ccc(OC)cc2)cc1. The third-order valence-corrected chi connectivity index (χ3v) is 3.81. The van der Waals surface area contributed by atoms with Crippen LogP contribution in [0.15, 0.2) is 58.6 Å². The number of benzene rings is 2. The smallest absolute Gasteiger partial charge is 0.218 e. The molecule has 0 bridgehead atoms. The predicted octanol–water partition coefficient (Wildman–Crippen LogP) is 3.41. The molecule has 0 saturated heterocycles. The Balaban J connectivity index is 2.02. The van der Waals surface area contributed by atoms with Crippen LogP contribution in [0, 0.1) is 0 Å². The number of methoxy groups -OCH3 is 2. The van der Waals surface area contributed by atoms with Crippen LogP contribution in [0.25, 0.3) is 0 Å². The summed E-state index contributed by atoms with van der Waals surface area (Å²) in [4.78, 5) is 4.61. The molecular formula is C18H18ClN3O2. The third-order valence-electron chi connectivity index (χ3n) is 3.64. The van der Waals surface area contributed by atoms with E-state index in [0.29, 0.717) is 0 Å². The number of hydrogen-bond donors (Lipinski definition) is 1. The first kappa shape index (κ1) is 16.3. The number of halogens is 1. The van der Waals surface area contributed by atoms with Gasteiger partial charge in [-0.3, -0.25) is 5.43 Å². The lowest BCUT2D eigenvalue weighted by molar-refractivity contribution is 0.414. The molecule has 124 valence electrons. The van der Waals surface area contributed by atoms with Gasteiger partial charge >= 0.3 is 0 Å². The van der Waals surface area contributed by atoms with Crippen molar-refractivity contribution >= 4 is 23.0 Å². The van der Waals surface area contributed by atoms with Gasteiger partial charge in [0.1, 0.15) is 17.2 Å². The van der Waals surface area contributed by atoms with Gasteiger partial charge < -0.3 is 9.47 Å². The van der Waals surface area contributed by atoms with E-state index < -0.39 is 5.12 Å². The van der Waals surface area contributed by atoms with E-state index in [9.17, 15) is 0 Å². The van der Waals surface area contributed by atoms with Crippen LogP contribution in [0.3, 0.4) is 0 Å². The average Bonchev–Trinajstić information content (AvgIpc) is 2.61. The van der Waals surface area contributed by atoms with Crippen molar-refractivity contribution in [2.45, 2.75) is 12.0 Å². The molecule has 2 aromatic carbocycles. The summed E-state index contributed by atoms with van der Waals surface area (Å²) in [5.41, 5.74) is 6.15. The number of hydrogen-bond acceptors (Lipinski definition) is 5. The molecule has 0 radical (unpaired) electrons. The summed E-state index contributed by atoms with van der Waals surface area (Å²) in [6.07, 6.45) is 0. The van der Waals surface area contributed by atoms with Crippen molar-refractivity contribution < 1.29 is 9.47 Å². The van der Waals surface area contributed by atoms with Crippen LogP contribution >= 0.6 is 11.6 Å². The van der Waals surface area contributed by atoms with Crippen molar-refractivity contribution in [1.29, 1.82) is 0 Å². The maximum absolute atomic E-state index is 6.33. The predicted molar refractivity (Wildman–Crippen MR) is 96.5 cm³/mol. The number of alkyl halides is 1. The Labute approximate surface area is 146 Å². The molecule has 0 saturated carbocycles. The average molecular weight is 344 g/mol. The summed E-state index contributed by atoms with van der Waals surface area (Å²) in [6.45, 7) is 1.76. The number of nitrogens with zero attached hydrogens (tertiary/aromatic N) is 2. The zero-order valence-corrected chi connectivity index (χ0v) is 14.5. The van der Waals surface area contributed by atoms with E-state index in [1.54, 1.807) is 21.1 Å². The molecule has 0 aliphatic carbocycles. The topological polar surface area (TPSA) is 55.2 Å². The molecule has 1 aliphatic rings. The first-order valence-corrected chi connectivity index (χ1v) is 7.83. The minimum atomic E-state index is -0.981. The fourth-order valence-corrected chi connectivity index (χ4v) is 2.53. The van der Waals surface area contributed by atoms with E-state index in [4.69, 9.17) is 21.1 Å². The molecule has 0 aromatic heterocycles. The highest BCUT2D eigenvalue weighted by Crippen LogP contribution is 2.23. The van der Waals surface area contributed by atoms with Gasteiger partial charge in [0.05, 0.1) is 19.9 Å². The quantitative estimate of drug-likeness (QED) is 0.683. The van der Waals surface area contributed by atoms with Crippen molar-refractivity contribution in [3.8, 4) is 11.5 Å². The van der Waals surface area contributed by atoms with E-state index >= 15 is 0 Å². The van der Waals surface area contributed by atoms with Crippen molar-refractivity contribution in [3.63, 3.8) is 0 Å². The van der Waals surface area contributed by atoms with Gasteiger partial charge in [-0.15, -0.1) is 0 Å². The molecule has 0 fully saturated rings. The van der Waals surface area contributed by atoms with Gasteiger partial charge in [-0.2, -0.15) is 5.10 Å². The van der Waals surface area contributed by atoms with Crippen molar-refractivity contribution in [3.05, 3.63) is 59.7 Å². The molecule has 1 atom stereocenters. The number of rotatable bonds is 4. The Bertz CT molecular complexity index is 781. The molecule has 2 aromatic rings. The van der Waals surface area contributed by atoms with Crippen LogP contribution in [-0.4, -0.2) is 30.8 Å². The van der Waals surface area contributed by atoms with Gasteiger partial charge in [-0.1, -0.05) is 11.6 Å². The summed E-state index contributed by atoms with van der Waals surface area (Å²) in [6, 6.07) is 15.3. The van der Waals surface area contributed by atoms with Gasteiger partial charge in [0.2, 0.25) is 5.12 Å². The summed E-state index contributed by atoms with van der Waals surface area (Å²) in [7, 11) is 3.27. The monoisotopic (exact) mass is 343 g/mol. The largest absolute Gasteiger partial charge is 0.497 e. The van der Waals surface area contributed by atoms with E-state index in [1.165, 1.54) is 0 Å². The highest BCUT2D eigenvalue weighted by Gasteiger charge is 2.27. The van der Waals surface area contributed by atoms with E-state index in [-0.39, 0.29) is 0 Å².